The van der Waals surface area contributed by atoms with Crippen molar-refractivity contribution in [2.24, 2.45) is 0 Å². The maximum absolute atomic E-state index is 4.27. The molecule has 0 saturated carbocycles. The Morgan fingerprint density at radius 2 is 2.17 bits per heavy atom. The number of anilines is 1. The molecule has 2 heterocycles. The van der Waals surface area contributed by atoms with E-state index in [2.05, 4.69) is 34.2 Å². The summed E-state index contributed by atoms with van der Waals surface area (Å²) in [5.74, 6) is 0. The Morgan fingerprint density at radius 3 is 3.17 bits per heavy atom. The van der Waals surface area contributed by atoms with Crippen molar-refractivity contribution in [2.45, 2.75) is 4.90 Å². The third-order valence-electron chi connectivity index (χ3n) is 2.05. The Hall–Kier alpha value is -1.22. The third kappa shape index (κ3) is 0.689. The van der Waals surface area contributed by atoms with E-state index in [1.54, 1.807) is 0 Å². The normalized spacial score (nSPS) is 23.0. The molecule has 0 aromatic heterocycles. The molecule has 2 radical (unpaired) electrons. The van der Waals surface area contributed by atoms with Crippen LogP contribution in [0.25, 0.3) is 0 Å². The highest BCUT2D eigenvalue weighted by Gasteiger charge is 2.19. The van der Waals surface area contributed by atoms with Gasteiger partial charge < -0.3 is 5.32 Å². The van der Waals surface area contributed by atoms with E-state index >= 15 is 0 Å². The van der Waals surface area contributed by atoms with Crippen LogP contribution in [0.1, 0.15) is 0 Å². The Kier molecular flexibility index (Phi) is 1.12. The lowest BCUT2D eigenvalue weighted by molar-refractivity contribution is 1.28. The Labute approximate surface area is 73.2 Å². The molecular formula is C9H8N2S. The van der Waals surface area contributed by atoms with E-state index in [9.17, 15) is 0 Å². The summed E-state index contributed by atoms with van der Waals surface area (Å²) in [7, 11) is -0.251. The molecule has 1 N–H and O–H groups in total. The van der Waals surface area contributed by atoms with Crippen molar-refractivity contribution in [3.05, 3.63) is 35.9 Å². The van der Waals surface area contributed by atoms with Crippen LogP contribution in [-0.4, -0.2) is 5.11 Å². The fraction of sp³-hybridized carbons (Fsp3) is 0. The Bertz CT molecular complexity index is 407. The number of nitrogens with zero attached hydrogens (tertiary/aromatic N) is 1. The highest BCUT2D eigenvalue weighted by molar-refractivity contribution is 8.19. The largest absolute Gasteiger partial charge is 0.335 e. The minimum Gasteiger partial charge on any atom is -0.335 e. The molecule has 60 valence electrons. The Balaban J connectivity index is 2.24. The summed E-state index contributed by atoms with van der Waals surface area (Å²) in [6.45, 7) is 0. The molecule has 1 atom stereocenters. The lowest BCUT2D eigenvalue weighted by Gasteiger charge is -2.00. The highest BCUT2D eigenvalue weighted by atomic mass is 32.2. The molecule has 1 aromatic rings. The number of benzene rings is 1. The molecule has 1 unspecified atom stereocenters. The molecule has 3 rings (SSSR count). The molecule has 2 aliphatic heterocycles. The van der Waals surface area contributed by atoms with Crippen molar-refractivity contribution in [1.29, 1.82) is 0 Å². The van der Waals surface area contributed by atoms with Crippen LogP contribution in [0.3, 0.4) is 0 Å². The second-order valence-corrected chi connectivity index (χ2v) is 4.71. The van der Waals surface area contributed by atoms with Crippen LogP contribution in [-0.2, 0) is 0 Å². The van der Waals surface area contributed by atoms with Gasteiger partial charge in [0.05, 0.1) is 5.69 Å². The van der Waals surface area contributed by atoms with Gasteiger partial charge >= 0.3 is 0 Å². The lowest BCUT2D eigenvalue weighted by atomic mass is 10.3. The van der Waals surface area contributed by atoms with Gasteiger partial charge in [-0.1, -0.05) is 12.1 Å². The minimum atomic E-state index is -0.251. The van der Waals surface area contributed by atoms with Crippen LogP contribution in [0.2, 0.25) is 0 Å². The number of hydrogen-bond acceptors (Lipinski definition) is 1. The number of thiol groups is 1. The summed E-state index contributed by atoms with van der Waals surface area (Å²) in [4.78, 5) is 1.40. The van der Waals surface area contributed by atoms with E-state index in [4.69, 9.17) is 0 Å². The number of hydrogen-bond donors (Lipinski definition) is 2. The van der Waals surface area contributed by atoms with Gasteiger partial charge in [-0.15, -0.1) is 10.5 Å². The zero-order valence-corrected chi connectivity index (χ0v) is 7.25. The molecule has 2 nitrogen and oxygen atoms in total. The molecule has 1 aromatic carbocycles. The first-order valence-electron chi connectivity index (χ1n) is 3.85. The van der Waals surface area contributed by atoms with Gasteiger partial charge in [-0.2, -0.15) is 0 Å². The molecule has 0 fully saturated rings. The van der Waals surface area contributed by atoms with Crippen LogP contribution in [0, 0.1) is 0 Å². The minimum absolute atomic E-state index is 0.251. The summed E-state index contributed by atoms with van der Waals surface area (Å²) in [6, 6.07) is 8.41. The summed E-state index contributed by atoms with van der Waals surface area (Å²) in [5, 5.41) is 10.9. The van der Waals surface area contributed by atoms with Crippen molar-refractivity contribution >= 4 is 21.3 Å². The molecule has 0 aliphatic carbocycles. The smallest absolute Gasteiger partial charge is 0.153 e. The van der Waals surface area contributed by atoms with E-state index in [1.165, 1.54) is 10.6 Å². The van der Waals surface area contributed by atoms with Crippen LogP contribution in [0.15, 0.2) is 40.8 Å². The van der Waals surface area contributed by atoms with Gasteiger partial charge in [-0.3, -0.25) is 0 Å². The summed E-state index contributed by atoms with van der Waals surface area (Å²) < 4.78 is 0. The topological polar surface area (TPSA) is 26.1 Å². The van der Waals surface area contributed by atoms with E-state index in [0.717, 1.165) is 5.11 Å². The van der Waals surface area contributed by atoms with Gasteiger partial charge in [-0.05, 0) is 17.5 Å². The first kappa shape index (κ1) is 6.31. The quantitative estimate of drug-likeness (QED) is 0.456. The van der Waals surface area contributed by atoms with Crippen molar-refractivity contribution in [2.75, 3.05) is 5.32 Å². The molecule has 12 heavy (non-hydrogen) atoms. The number of nitrogens with one attached hydrogen (secondary N) is 1. The van der Waals surface area contributed by atoms with Crippen molar-refractivity contribution in [1.82, 2.24) is 5.32 Å². The molecular weight excluding hydrogens is 168 g/mol. The second kappa shape index (κ2) is 2.14. The zero-order valence-electron chi connectivity index (χ0n) is 6.36. The summed E-state index contributed by atoms with van der Waals surface area (Å²) in [6.07, 6.45) is 1.89. The Morgan fingerprint density at radius 1 is 1.25 bits per heavy atom. The van der Waals surface area contributed by atoms with Crippen molar-refractivity contribution in [3.8, 4) is 0 Å². The molecule has 2 aliphatic rings. The van der Waals surface area contributed by atoms with Crippen LogP contribution in [0.5, 0.6) is 0 Å². The van der Waals surface area contributed by atoms with Gasteiger partial charge in [0.25, 0.3) is 0 Å². The van der Waals surface area contributed by atoms with E-state index in [-0.39, 0.29) is 10.5 Å². The summed E-state index contributed by atoms with van der Waals surface area (Å²) >= 11 is 0. The average molecular weight is 176 g/mol. The summed E-state index contributed by atoms with van der Waals surface area (Å²) in [5.41, 5.74) is 1.23. The predicted molar refractivity (Wildman–Crippen MR) is 53.6 cm³/mol. The predicted octanol–water partition coefficient (Wildman–Crippen LogP) is 1.65. The molecule has 3 heteroatoms. The molecule has 0 saturated heterocycles. The van der Waals surface area contributed by atoms with Crippen LogP contribution in [0.4, 0.5) is 5.69 Å². The van der Waals surface area contributed by atoms with E-state index < -0.39 is 0 Å². The number of fused-ring (bicyclic) bond motifs is 2. The fourth-order valence-electron chi connectivity index (χ4n) is 1.50. The van der Waals surface area contributed by atoms with Gasteiger partial charge in [0, 0.05) is 11.1 Å². The van der Waals surface area contributed by atoms with Gasteiger partial charge in [0.2, 0.25) is 0 Å². The molecule has 0 bridgehead atoms. The monoisotopic (exact) mass is 176 g/mol. The van der Waals surface area contributed by atoms with Gasteiger partial charge in [0.1, 0.15) is 0 Å². The maximum Gasteiger partial charge on any atom is 0.153 e. The van der Waals surface area contributed by atoms with Crippen LogP contribution < -0.4 is 10.6 Å². The SMILES string of the molecule is C1=C[SH]2=C([N]1)Nc1ccccc12. The zero-order chi connectivity index (χ0) is 7.97. The van der Waals surface area contributed by atoms with Crippen molar-refractivity contribution < 1.29 is 0 Å². The third-order valence-corrected chi connectivity index (χ3v) is 4.07. The first-order chi connectivity index (χ1) is 5.95. The maximum atomic E-state index is 4.27. The lowest BCUT2D eigenvalue weighted by Crippen LogP contribution is -2.13. The second-order valence-electron chi connectivity index (χ2n) is 2.76. The first-order valence-corrected chi connectivity index (χ1v) is 5.26. The molecule has 0 amide bonds. The fourth-order valence-corrected chi connectivity index (χ4v) is 3.30. The standard InChI is InChI=1S/C9H8N2S/c1-2-4-8-7(3-1)11-9-10-5-6-12(8)9/h1-6,11-12H. The average Bonchev–Trinajstić information content (AvgIpc) is 2.62. The van der Waals surface area contributed by atoms with E-state index in [1.807, 2.05) is 12.3 Å². The number of rotatable bonds is 0. The number of para-hydroxylation sites is 1. The van der Waals surface area contributed by atoms with E-state index in [0.29, 0.717) is 0 Å². The van der Waals surface area contributed by atoms with Gasteiger partial charge in [0.15, 0.2) is 5.11 Å². The molecule has 0 spiro atoms. The van der Waals surface area contributed by atoms with Gasteiger partial charge in [-0.25, -0.2) is 5.32 Å². The van der Waals surface area contributed by atoms with Crippen LogP contribution >= 0.6 is 10.5 Å². The van der Waals surface area contributed by atoms with Crippen molar-refractivity contribution in [3.63, 3.8) is 0 Å². The highest BCUT2D eigenvalue weighted by Crippen LogP contribution is 2.42.